The van der Waals surface area contributed by atoms with E-state index >= 15 is 0 Å². The largest absolute Gasteiger partial charge is 0.280 e. The van der Waals surface area contributed by atoms with Crippen LogP contribution < -0.4 is 0 Å². The van der Waals surface area contributed by atoms with Crippen LogP contribution in [0, 0.1) is 0 Å². The van der Waals surface area contributed by atoms with Gasteiger partial charge in [-0.05, 0) is 23.7 Å². The summed E-state index contributed by atoms with van der Waals surface area (Å²) in [6.45, 7) is 0. The zero-order valence-corrected chi connectivity index (χ0v) is 8.32. The van der Waals surface area contributed by atoms with Gasteiger partial charge in [-0.3, -0.25) is 4.79 Å². The molecule has 0 aliphatic carbocycles. The van der Waals surface area contributed by atoms with E-state index in [0.29, 0.717) is 0 Å². The summed E-state index contributed by atoms with van der Waals surface area (Å²) in [4.78, 5) is 14.3. The smallest absolute Gasteiger partial charge is 0.276 e. The first-order chi connectivity index (χ1) is 6.56. The van der Waals surface area contributed by atoms with Crippen LogP contribution in [0.1, 0.15) is 28.2 Å². The van der Waals surface area contributed by atoms with Gasteiger partial charge in [0.1, 0.15) is 5.69 Å². The van der Waals surface area contributed by atoms with E-state index in [2.05, 4.69) is 4.98 Å². The molecule has 14 heavy (non-hydrogen) atoms. The molecular formula is C8H5Cl2F2NO. The van der Waals surface area contributed by atoms with Crippen LogP contribution in [0.25, 0.3) is 0 Å². The van der Waals surface area contributed by atoms with Crippen LogP contribution in [0.4, 0.5) is 8.78 Å². The van der Waals surface area contributed by atoms with Gasteiger partial charge in [0.2, 0.25) is 0 Å². The van der Waals surface area contributed by atoms with E-state index < -0.39 is 17.4 Å². The number of halogens is 4. The maximum Gasteiger partial charge on any atom is 0.280 e. The molecule has 1 aromatic heterocycles. The van der Waals surface area contributed by atoms with Crippen molar-refractivity contribution in [1.82, 2.24) is 4.98 Å². The van der Waals surface area contributed by atoms with Gasteiger partial charge in [-0.2, -0.15) is 0 Å². The van der Waals surface area contributed by atoms with Gasteiger partial charge in [0.05, 0.1) is 17.1 Å². The highest BCUT2D eigenvalue weighted by atomic mass is 35.5. The molecule has 1 heterocycles. The van der Waals surface area contributed by atoms with Crippen molar-refractivity contribution in [1.29, 1.82) is 0 Å². The molecule has 0 aromatic carbocycles. The van der Waals surface area contributed by atoms with Crippen molar-refractivity contribution >= 4 is 28.4 Å². The number of carbonyl (C=O) groups is 1. The Morgan fingerprint density at radius 2 is 2.14 bits per heavy atom. The van der Waals surface area contributed by atoms with E-state index in [1.165, 1.54) is 6.07 Å². The predicted molar refractivity (Wildman–Crippen MR) is 48.9 cm³/mol. The molecule has 0 spiro atoms. The molecule has 0 N–H and O–H groups in total. The highest BCUT2D eigenvalue weighted by Crippen LogP contribution is 2.20. The Kier molecular flexibility index (Phi) is 3.77. The van der Waals surface area contributed by atoms with Gasteiger partial charge in [-0.1, -0.05) is 0 Å². The molecule has 0 fully saturated rings. The van der Waals surface area contributed by atoms with Crippen LogP contribution in [0.2, 0.25) is 0 Å². The summed E-state index contributed by atoms with van der Waals surface area (Å²) >= 11 is 10.6. The zero-order valence-electron chi connectivity index (χ0n) is 6.81. The number of pyridine rings is 1. The predicted octanol–water partition coefficient (Wildman–Crippen LogP) is 3.14. The first-order valence-corrected chi connectivity index (χ1v) is 4.51. The molecule has 0 unspecified atom stereocenters. The maximum absolute atomic E-state index is 12.2. The molecule has 0 aliphatic heterocycles. The topological polar surface area (TPSA) is 30.0 Å². The highest BCUT2D eigenvalue weighted by Gasteiger charge is 2.14. The van der Waals surface area contributed by atoms with Crippen molar-refractivity contribution < 1.29 is 13.6 Å². The minimum absolute atomic E-state index is 0.0612. The van der Waals surface area contributed by atoms with Gasteiger partial charge in [-0.25, -0.2) is 13.8 Å². The summed E-state index contributed by atoms with van der Waals surface area (Å²) in [7, 11) is 0. The van der Waals surface area contributed by atoms with Crippen LogP contribution in [0.3, 0.4) is 0 Å². The van der Waals surface area contributed by atoms with Crippen molar-refractivity contribution in [3.8, 4) is 0 Å². The lowest BCUT2D eigenvalue weighted by Gasteiger charge is -2.04. The number of alkyl halides is 3. The van der Waals surface area contributed by atoms with Crippen LogP contribution in [0.15, 0.2) is 12.1 Å². The fourth-order valence-corrected chi connectivity index (χ4v) is 1.30. The van der Waals surface area contributed by atoms with Gasteiger partial charge in [0.25, 0.3) is 11.7 Å². The first-order valence-electron chi connectivity index (χ1n) is 3.60. The molecule has 0 radical (unpaired) electrons. The second-order valence-corrected chi connectivity index (χ2v) is 3.05. The number of aromatic nitrogens is 1. The SMILES string of the molecule is O=C(Cl)c1ccc(C(F)F)nc1CCl. The Balaban J connectivity index is 3.18. The summed E-state index contributed by atoms with van der Waals surface area (Å²) in [6, 6.07) is 2.25. The second-order valence-electron chi connectivity index (χ2n) is 2.44. The molecule has 0 saturated carbocycles. The van der Waals surface area contributed by atoms with E-state index in [1.807, 2.05) is 0 Å². The van der Waals surface area contributed by atoms with Crippen LogP contribution >= 0.6 is 23.2 Å². The van der Waals surface area contributed by atoms with Crippen LogP contribution in [-0.4, -0.2) is 10.2 Å². The summed E-state index contributed by atoms with van der Waals surface area (Å²) in [5.41, 5.74) is -0.280. The third kappa shape index (κ3) is 2.39. The Morgan fingerprint density at radius 1 is 1.50 bits per heavy atom. The fraction of sp³-hybridized carbons (Fsp3) is 0.250. The van der Waals surface area contributed by atoms with Gasteiger partial charge in [-0.15, -0.1) is 11.6 Å². The number of carbonyl (C=O) groups excluding carboxylic acids is 1. The molecule has 2 nitrogen and oxygen atoms in total. The zero-order chi connectivity index (χ0) is 10.7. The fourth-order valence-electron chi connectivity index (χ4n) is 0.921. The average Bonchev–Trinajstić information content (AvgIpc) is 2.16. The van der Waals surface area contributed by atoms with Crippen molar-refractivity contribution in [2.45, 2.75) is 12.3 Å². The van der Waals surface area contributed by atoms with Crippen molar-refractivity contribution in [2.24, 2.45) is 0 Å². The van der Waals surface area contributed by atoms with Crippen molar-refractivity contribution in [2.75, 3.05) is 0 Å². The molecule has 1 rings (SSSR count). The lowest BCUT2D eigenvalue weighted by atomic mass is 10.2. The third-order valence-electron chi connectivity index (χ3n) is 1.56. The van der Waals surface area contributed by atoms with E-state index in [1.54, 1.807) is 0 Å². The van der Waals surface area contributed by atoms with E-state index in [-0.39, 0.29) is 17.1 Å². The maximum atomic E-state index is 12.2. The minimum atomic E-state index is -2.68. The summed E-state index contributed by atoms with van der Waals surface area (Å²) in [5.74, 6) is -0.131. The van der Waals surface area contributed by atoms with Crippen molar-refractivity contribution in [3.63, 3.8) is 0 Å². The summed E-state index contributed by atoms with van der Waals surface area (Å²) in [5, 5.41) is -0.756. The molecule has 76 valence electrons. The van der Waals surface area contributed by atoms with Gasteiger partial charge >= 0.3 is 0 Å². The Hall–Kier alpha value is -0.740. The third-order valence-corrected chi connectivity index (χ3v) is 2.01. The van der Waals surface area contributed by atoms with E-state index in [4.69, 9.17) is 23.2 Å². The Morgan fingerprint density at radius 3 is 2.57 bits per heavy atom. The van der Waals surface area contributed by atoms with E-state index in [9.17, 15) is 13.6 Å². The number of nitrogens with zero attached hydrogens (tertiary/aromatic N) is 1. The molecule has 1 aromatic rings. The molecule has 0 amide bonds. The quantitative estimate of drug-likeness (QED) is 0.600. The number of hydrogen-bond acceptors (Lipinski definition) is 2. The average molecular weight is 240 g/mol. The monoisotopic (exact) mass is 239 g/mol. The van der Waals surface area contributed by atoms with Gasteiger partial charge < -0.3 is 0 Å². The molecule has 0 saturated heterocycles. The molecule has 0 atom stereocenters. The van der Waals surface area contributed by atoms with E-state index in [0.717, 1.165) is 6.07 Å². The van der Waals surface area contributed by atoms with Gasteiger partial charge in [0, 0.05) is 0 Å². The molecule has 6 heteroatoms. The van der Waals surface area contributed by atoms with Crippen molar-refractivity contribution in [3.05, 3.63) is 29.1 Å². The molecule has 0 aliphatic rings. The minimum Gasteiger partial charge on any atom is -0.276 e. The summed E-state index contributed by atoms with van der Waals surface area (Å²) in [6.07, 6.45) is -2.68. The van der Waals surface area contributed by atoms with Crippen LogP contribution in [0.5, 0.6) is 0 Å². The summed E-state index contributed by atoms with van der Waals surface area (Å²) < 4.78 is 24.4. The van der Waals surface area contributed by atoms with Crippen LogP contribution in [-0.2, 0) is 5.88 Å². The normalized spacial score (nSPS) is 10.6. The highest BCUT2D eigenvalue weighted by molar-refractivity contribution is 6.67. The lowest BCUT2D eigenvalue weighted by Crippen LogP contribution is -2.02. The van der Waals surface area contributed by atoms with Gasteiger partial charge in [0.15, 0.2) is 0 Å². The Bertz CT molecular complexity index is 357. The standard InChI is InChI=1S/C8H5Cl2F2NO/c9-3-6-4(7(10)14)1-2-5(13-6)8(11)12/h1-2,8H,3H2. The number of rotatable bonds is 3. The molecular weight excluding hydrogens is 235 g/mol. The first kappa shape index (κ1) is 11.3. The Labute approximate surface area is 88.8 Å². The number of hydrogen-bond donors (Lipinski definition) is 0. The second kappa shape index (κ2) is 4.66. The molecule has 0 bridgehead atoms. The lowest BCUT2D eigenvalue weighted by molar-refractivity contribution is 0.107.